The highest BCUT2D eigenvalue weighted by Crippen LogP contribution is 2.26. The molecule has 0 aliphatic heterocycles. The molecule has 9 heteroatoms. The highest BCUT2D eigenvalue weighted by molar-refractivity contribution is 7.99. The number of hydrogen-bond acceptors (Lipinski definition) is 7. The van der Waals surface area contributed by atoms with Crippen molar-refractivity contribution in [2.45, 2.75) is 52.6 Å². The molecule has 1 aromatic heterocycles. The number of hydrogen-bond donors (Lipinski definition) is 0. The summed E-state index contributed by atoms with van der Waals surface area (Å²) >= 11 is 1.31. The molecule has 0 aliphatic rings. The predicted octanol–water partition coefficient (Wildman–Crippen LogP) is 4.69. The number of carbonyl (C=O) groups is 2. The number of rotatable bonds is 10. The first-order valence-electron chi connectivity index (χ1n) is 11.4. The van der Waals surface area contributed by atoms with Gasteiger partial charge in [0, 0.05) is 12.2 Å². The first kappa shape index (κ1) is 25.4. The van der Waals surface area contributed by atoms with Gasteiger partial charge in [-0.3, -0.25) is 4.79 Å². The van der Waals surface area contributed by atoms with Crippen LogP contribution in [0.25, 0.3) is 5.69 Å². The summed E-state index contributed by atoms with van der Waals surface area (Å²) in [5.41, 5.74) is 5.47. The van der Waals surface area contributed by atoms with E-state index in [0.29, 0.717) is 23.9 Å². The number of aryl methyl sites for hydroxylation is 3. The highest BCUT2D eigenvalue weighted by atomic mass is 32.2. The summed E-state index contributed by atoms with van der Waals surface area (Å²) < 4.78 is 6.75. The minimum absolute atomic E-state index is 0.0470. The molecule has 0 saturated carbocycles. The summed E-state index contributed by atoms with van der Waals surface area (Å²) in [4.78, 5) is 26.9. The maximum Gasteiger partial charge on any atom is 0.338 e. The number of thioether (sulfide) groups is 1. The van der Waals surface area contributed by atoms with E-state index in [1.165, 1.54) is 17.3 Å². The quantitative estimate of drug-likeness (QED) is 0.306. The zero-order valence-corrected chi connectivity index (χ0v) is 21.2. The van der Waals surface area contributed by atoms with Crippen molar-refractivity contribution >= 4 is 29.3 Å². The van der Waals surface area contributed by atoms with Crippen LogP contribution < -0.4 is 4.90 Å². The van der Waals surface area contributed by atoms with Crippen LogP contribution in [0.15, 0.2) is 41.6 Å². The van der Waals surface area contributed by atoms with Crippen molar-refractivity contribution in [2.75, 3.05) is 23.8 Å². The molecule has 1 amide bonds. The van der Waals surface area contributed by atoms with Crippen molar-refractivity contribution in [1.82, 2.24) is 20.2 Å². The number of unbranched alkanes of at least 4 members (excludes halogenated alkanes) is 1. The zero-order valence-electron chi connectivity index (χ0n) is 20.4. The molecule has 180 valence electrons. The summed E-state index contributed by atoms with van der Waals surface area (Å²) in [7, 11) is 0. The highest BCUT2D eigenvalue weighted by Gasteiger charge is 2.20. The van der Waals surface area contributed by atoms with Gasteiger partial charge in [-0.15, -0.1) is 5.10 Å². The third-order valence-electron chi connectivity index (χ3n) is 5.34. The van der Waals surface area contributed by atoms with Gasteiger partial charge < -0.3 is 9.64 Å². The molecule has 0 N–H and O–H groups in total. The average Bonchev–Trinajstić information content (AvgIpc) is 3.26. The molecule has 0 spiro atoms. The second-order valence-electron chi connectivity index (χ2n) is 8.08. The Balaban J connectivity index is 1.77. The number of esters is 1. The van der Waals surface area contributed by atoms with Crippen LogP contribution in [0.2, 0.25) is 0 Å². The summed E-state index contributed by atoms with van der Waals surface area (Å²) in [6, 6.07) is 11.1. The summed E-state index contributed by atoms with van der Waals surface area (Å²) in [6.07, 6.45) is 1.83. The lowest BCUT2D eigenvalue weighted by Crippen LogP contribution is -2.33. The molecular weight excluding hydrogens is 450 g/mol. The van der Waals surface area contributed by atoms with E-state index < -0.39 is 0 Å². The average molecular weight is 482 g/mol. The Bertz CT molecular complexity index is 1120. The Hall–Kier alpha value is -3.20. The van der Waals surface area contributed by atoms with E-state index in [1.807, 2.05) is 13.8 Å². The van der Waals surface area contributed by atoms with Gasteiger partial charge in [0.15, 0.2) is 0 Å². The van der Waals surface area contributed by atoms with Crippen LogP contribution in [0.5, 0.6) is 0 Å². The lowest BCUT2D eigenvalue weighted by atomic mass is 10.1. The number of anilines is 1. The van der Waals surface area contributed by atoms with Crippen LogP contribution in [0.3, 0.4) is 0 Å². The summed E-state index contributed by atoms with van der Waals surface area (Å²) in [5, 5.41) is 12.7. The van der Waals surface area contributed by atoms with Gasteiger partial charge in [0.2, 0.25) is 11.1 Å². The van der Waals surface area contributed by atoms with Crippen LogP contribution in [-0.2, 0) is 9.53 Å². The van der Waals surface area contributed by atoms with E-state index in [-0.39, 0.29) is 17.6 Å². The van der Waals surface area contributed by atoms with Gasteiger partial charge in [0.1, 0.15) is 0 Å². The Kier molecular flexibility index (Phi) is 8.81. The first-order valence-corrected chi connectivity index (χ1v) is 12.4. The summed E-state index contributed by atoms with van der Waals surface area (Å²) in [6.45, 7) is 10.9. The third-order valence-corrected chi connectivity index (χ3v) is 6.24. The van der Waals surface area contributed by atoms with Crippen LogP contribution in [-0.4, -0.2) is 51.0 Å². The number of ether oxygens (including phenoxy) is 1. The van der Waals surface area contributed by atoms with E-state index in [9.17, 15) is 9.59 Å². The number of tetrazole rings is 1. The number of benzene rings is 2. The molecule has 0 fully saturated rings. The van der Waals surface area contributed by atoms with Gasteiger partial charge in [0.25, 0.3) is 0 Å². The Morgan fingerprint density at radius 3 is 2.35 bits per heavy atom. The van der Waals surface area contributed by atoms with Gasteiger partial charge in [0.05, 0.1) is 23.6 Å². The lowest BCUT2D eigenvalue weighted by Gasteiger charge is -2.23. The Morgan fingerprint density at radius 1 is 1.06 bits per heavy atom. The molecule has 0 aliphatic carbocycles. The van der Waals surface area contributed by atoms with E-state index in [0.717, 1.165) is 35.3 Å². The largest absolute Gasteiger partial charge is 0.462 e. The van der Waals surface area contributed by atoms with Crippen molar-refractivity contribution in [3.8, 4) is 5.69 Å². The van der Waals surface area contributed by atoms with Crippen molar-refractivity contribution in [3.05, 3.63) is 58.7 Å². The van der Waals surface area contributed by atoms with Gasteiger partial charge in [-0.05, 0) is 79.9 Å². The molecule has 0 radical (unpaired) electrons. The fourth-order valence-electron chi connectivity index (χ4n) is 3.83. The van der Waals surface area contributed by atoms with Crippen molar-refractivity contribution in [2.24, 2.45) is 0 Å². The predicted molar refractivity (Wildman–Crippen MR) is 134 cm³/mol. The Labute approximate surface area is 204 Å². The van der Waals surface area contributed by atoms with E-state index in [2.05, 4.69) is 41.5 Å². The molecule has 0 saturated heterocycles. The van der Waals surface area contributed by atoms with Crippen LogP contribution in [0.4, 0.5) is 5.69 Å². The smallest absolute Gasteiger partial charge is 0.338 e. The second-order valence-corrected chi connectivity index (χ2v) is 9.02. The van der Waals surface area contributed by atoms with Crippen molar-refractivity contribution in [3.63, 3.8) is 0 Å². The molecule has 8 nitrogen and oxygen atoms in total. The van der Waals surface area contributed by atoms with E-state index >= 15 is 0 Å². The SMILES string of the molecule is CCCCN(C(=O)CSc1nnnn1-c1c(C)cc(C)cc1C)c1ccc(C(=O)OCC)cc1. The minimum Gasteiger partial charge on any atom is -0.462 e. The number of amides is 1. The maximum atomic E-state index is 13.2. The monoisotopic (exact) mass is 481 g/mol. The topological polar surface area (TPSA) is 90.2 Å². The molecule has 3 aromatic rings. The van der Waals surface area contributed by atoms with Gasteiger partial charge in [-0.2, -0.15) is 4.68 Å². The standard InChI is InChI=1S/C25H31N5O3S/c1-6-8-13-29(21-11-9-20(10-12-21)24(32)33-7-2)22(31)16-34-25-26-27-28-30(25)23-18(4)14-17(3)15-19(23)5/h9-12,14-15H,6-8,13,16H2,1-5H3. The second kappa shape index (κ2) is 11.8. The fraction of sp³-hybridized carbons (Fsp3) is 0.400. The molecule has 2 aromatic carbocycles. The Morgan fingerprint density at radius 2 is 1.74 bits per heavy atom. The minimum atomic E-state index is -0.371. The number of aromatic nitrogens is 4. The molecule has 0 atom stereocenters. The van der Waals surface area contributed by atoms with Crippen molar-refractivity contribution in [1.29, 1.82) is 0 Å². The molecular formula is C25H31N5O3S. The molecule has 3 rings (SSSR count). The maximum absolute atomic E-state index is 13.2. The molecule has 0 unspecified atom stereocenters. The zero-order chi connectivity index (χ0) is 24.7. The lowest BCUT2D eigenvalue weighted by molar-refractivity contribution is -0.116. The normalized spacial score (nSPS) is 10.9. The van der Waals surface area contributed by atoms with Gasteiger partial charge in [-0.25, -0.2) is 4.79 Å². The van der Waals surface area contributed by atoms with Gasteiger partial charge >= 0.3 is 5.97 Å². The van der Waals surface area contributed by atoms with Crippen molar-refractivity contribution < 1.29 is 14.3 Å². The van der Waals surface area contributed by atoms with Gasteiger partial charge in [-0.1, -0.05) is 42.8 Å². The third kappa shape index (κ3) is 6.02. The fourth-order valence-corrected chi connectivity index (χ4v) is 4.58. The van der Waals surface area contributed by atoms with E-state index in [4.69, 9.17) is 4.74 Å². The number of carbonyl (C=O) groups excluding carboxylic acids is 2. The molecule has 34 heavy (non-hydrogen) atoms. The molecule has 1 heterocycles. The van der Waals surface area contributed by atoms with Crippen LogP contribution in [0.1, 0.15) is 53.7 Å². The van der Waals surface area contributed by atoms with Crippen LogP contribution in [0, 0.1) is 20.8 Å². The first-order chi connectivity index (χ1) is 16.3. The van der Waals surface area contributed by atoms with Crippen LogP contribution >= 0.6 is 11.8 Å². The van der Waals surface area contributed by atoms with E-state index in [1.54, 1.807) is 40.8 Å². The summed E-state index contributed by atoms with van der Waals surface area (Å²) in [5.74, 6) is -0.230. The molecule has 0 bridgehead atoms. The number of nitrogens with zero attached hydrogens (tertiary/aromatic N) is 5.